The number of carbonyl (C=O) groups is 2. The van der Waals surface area contributed by atoms with Crippen molar-refractivity contribution in [2.75, 3.05) is 38.4 Å². The first-order chi connectivity index (χ1) is 11.9. The molecule has 0 bridgehead atoms. The van der Waals surface area contributed by atoms with E-state index in [1.54, 1.807) is 11.5 Å². The third kappa shape index (κ3) is 6.01. The van der Waals surface area contributed by atoms with E-state index >= 15 is 0 Å². The molecule has 0 saturated carbocycles. The van der Waals surface area contributed by atoms with Crippen LogP contribution in [-0.2, 0) is 14.3 Å². The summed E-state index contributed by atoms with van der Waals surface area (Å²) in [6.07, 6.45) is -0.00566. The second-order valence-corrected chi connectivity index (χ2v) is 7.33. The first kappa shape index (κ1) is 20.3. The predicted octanol–water partition coefficient (Wildman–Crippen LogP) is 2.76. The van der Waals surface area contributed by atoms with Gasteiger partial charge in [0.15, 0.2) is 0 Å². The fraction of sp³-hybridized carbons (Fsp3) is 0.429. The third-order valence-corrected chi connectivity index (χ3v) is 5.44. The van der Waals surface area contributed by atoms with Crippen molar-refractivity contribution in [1.82, 2.24) is 9.84 Å². The molecule has 1 aliphatic heterocycles. The molecule has 0 radical (unpaired) electrons. The number of nitrogens with one attached hydrogen (secondary N) is 2. The number of ether oxygens (including phenoxy) is 2. The van der Waals surface area contributed by atoms with Crippen LogP contribution in [-0.4, -0.2) is 54.8 Å². The van der Waals surface area contributed by atoms with Crippen LogP contribution in [0.3, 0.4) is 0 Å². The molecule has 2 N–H and O–H groups in total. The lowest BCUT2D eigenvalue weighted by atomic mass is 10.3. The molecule has 1 amide bonds. The minimum absolute atomic E-state index is 0.00566. The van der Waals surface area contributed by atoms with Crippen molar-refractivity contribution in [3.63, 3.8) is 0 Å². The lowest BCUT2D eigenvalue weighted by Gasteiger charge is -2.14. The van der Waals surface area contributed by atoms with Crippen LogP contribution in [0.25, 0.3) is 0 Å². The Morgan fingerprint density at radius 2 is 2.24 bits per heavy atom. The van der Waals surface area contributed by atoms with Crippen LogP contribution in [0.1, 0.15) is 0 Å². The van der Waals surface area contributed by atoms with E-state index in [2.05, 4.69) is 15.5 Å². The van der Waals surface area contributed by atoms with Gasteiger partial charge in [-0.25, -0.2) is 9.82 Å². The van der Waals surface area contributed by atoms with Gasteiger partial charge in [0, 0.05) is 30.5 Å². The summed E-state index contributed by atoms with van der Waals surface area (Å²) in [6.45, 7) is 1.12. The van der Waals surface area contributed by atoms with Gasteiger partial charge in [-0.2, -0.15) is 4.41 Å². The molecular formula is C14H17ClFN3O4S2. The largest absolute Gasteiger partial charge is 0.468 e. The van der Waals surface area contributed by atoms with Gasteiger partial charge in [0.1, 0.15) is 5.82 Å². The van der Waals surface area contributed by atoms with Gasteiger partial charge in [0.25, 0.3) is 5.24 Å². The predicted molar refractivity (Wildman–Crippen MR) is 96.3 cm³/mol. The zero-order valence-electron chi connectivity index (χ0n) is 13.5. The van der Waals surface area contributed by atoms with Crippen LogP contribution < -0.4 is 10.7 Å². The smallest absolute Gasteiger partial charge is 0.315 e. The average molecular weight is 410 g/mol. The minimum Gasteiger partial charge on any atom is -0.468 e. The Balaban J connectivity index is 1.98. The molecule has 138 valence electrons. The Morgan fingerprint density at radius 1 is 1.48 bits per heavy atom. The number of benzene rings is 1. The van der Waals surface area contributed by atoms with Crippen molar-refractivity contribution in [3.8, 4) is 0 Å². The van der Waals surface area contributed by atoms with E-state index in [9.17, 15) is 14.0 Å². The second kappa shape index (κ2) is 9.60. The molecule has 2 rings (SSSR count). The molecular weight excluding hydrogens is 393 g/mol. The monoisotopic (exact) mass is 409 g/mol. The third-order valence-electron chi connectivity index (χ3n) is 3.22. The van der Waals surface area contributed by atoms with Crippen molar-refractivity contribution < 1.29 is 23.5 Å². The summed E-state index contributed by atoms with van der Waals surface area (Å²) in [5.74, 6) is -1.06. The molecule has 0 aliphatic carbocycles. The highest BCUT2D eigenvalue weighted by Crippen LogP contribution is 2.32. The van der Waals surface area contributed by atoms with E-state index < -0.39 is 17.0 Å². The Morgan fingerprint density at radius 3 is 2.88 bits per heavy atom. The fourth-order valence-corrected chi connectivity index (χ4v) is 3.75. The summed E-state index contributed by atoms with van der Waals surface area (Å²) < 4.78 is 25.4. The van der Waals surface area contributed by atoms with Crippen LogP contribution >= 0.6 is 35.3 Å². The molecule has 1 saturated heterocycles. The van der Waals surface area contributed by atoms with Gasteiger partial charge in [-0.05, 0) is 12.1 Å². The summed E-state index contributed by atoms with van der Waals surface area (Å²) >= 11 is 7.94. The molecule has 1 heterocycles. The fourth-order valence-electron chi connectivity index (χ4n) is 1.91. The van der Waals surface area contributed by atoms with Crippen LogP contribution in [0.15, 0.2) is 17.0 Å². The number of halogens is 2. The van der Waals surface area contributed by atoms with Gasteiger partial charge in [-0.1, -0.05) is 11.6 Å². The van der Waals surface area contributed by atoms with Crippen LogP contribution in [0, 0.1) is 5.82 Å². The van der Waals surface area contributed by atoms with E-state index in [1.165, 1.54) is 13.2 Å². The highest BCUT2D eigenvalue weighted by molar-refractivity contribution is 8.11. The molecule has 1 aromatic carbocycles. The van der Waals surface area contributed by atoms with Gasteiger partial charge in [0.2, 0.25) is 0 Å². The molecule has 1 atom stereocenters. The number of methoxy groups -OCH3 is 2. The van der Waals surface area contributed by atoms with Crippen LogP contribution in [0.2, 0.25) is 5.02 Å². The quantitative estimate of drug-likeness (QED) is 0.422. The van der Waals surface area contributed by atoms with Gasteiger partial charge < -0.3 is 14.8 Å². The van der Waals surface area contributed by atoms with Crippen LogP contribution in [0.5, 0.6) is 0 Å². The molecule has 0 aromatic heterocycles. The van der Waals surface area contributed by atoms with Gasteiger partial charge in [0.05, 0.1) is 36.2 Å². The molecule has 1 unspecified atom stereocenters. The number of nitrogens with zero attached hydrogens (tertiary/aromatic N) is 1. The number of hydrogen-bond acceptors (Lipinski definition) is 8. The maximum atomic E-state index is 14.0. The van der Waals surface area contributed by atoms with Crippen molar-refractivity contribution in [1.29, 1.82) is 0 Å². The van der Waals surface area contributed by atoms with E-state index in [-0.39, 0.29) is 22.6 Å². The van der Waals surface area contributed by atoms with E-state index in [0.29, 0.717) is 18.0 Å². The number of rotatable bonds is 6. The number of amides is 1. The van der Waals surface area contributed by atoms with E-state index in [0.717, 1.165) is 29.8 Å². The number of hydrogen-bond donors (Lipinski definition) is 2. The highest BCUT2D eigenvalue weighted by Gasteiger charge is 2.24. The number of hydrazine groups is 1. The van der Waals surface area contributed by atoms with Gasteiger partial charge in [-0.15, -0.1) is 11.8 Å². The van der Waals surface area contributed by atoms with Crippen molar-refractivity contribution in [2.24, 2.45) is 0 Å². The van der Waals surface area contributed by atoms with Crippen molar-refractivity contribution >= 4 is 52.2 Å². The summed E-state index contributed by atoms with van der Waals surface area (Å²) in [7, 11) is 2.87. The first-order valence-electron chi connectivity index (χ1n) is 7.14. The molecule has 7 nitrogen and oxygen atoms in total. The van der Waals surface area contributed by atoms with Crippen molar-refractivity contribution in [2.45, 2.75) is 11.0 Å². The summed E-state index contributed by atoms with van der Waals surface area (Å²) in [5.41, 5.74) is 2.97. The molecule has 1 aliphatic rings. The highest BCUT2D eigenvalue weighted by atomic mass is 35.5. The molecule has 1 fully saturated rings. The Hall–Kier alpha value is -1.04. The molecule has 0 spiro atoms. The zero-order chi connectivity index (χ0) is 18.4. The SMILES string of the molecule is COC(=O)CSc1cc(NC(=O)SN2CC(OC)CN2)c(F)cc1Cl. The minimum atomic E-state index is -0.662. The Kier molecular flexibility index (Phi) is 7.79. The standard InChI is InChI=1S/C14H17ClFN3O4S2/c1-22-8-5-17-19(6-8)25-14(21)18-11-4-12(9(15)3-10(11)16)24-7-13(20)23-2/h3-4,8,17H,5-7H2,1-2H3,(H,18,21). The second-order valence-electron chi connectivity index (χ2n) is 4.91. The zero-order valence-corrected chi connectivity index (χ0v) is 15.9. The Labute approximate surface area is 158 Å². The lowest BCUT2D eigenvalue weighted by molar-refractivity contribution is -0.137. The average Bonchev–Trinajstić information content (AvgIpc) is 3.03. The maximum absolute atomic E-state index is 14.0. The van der Waals surface area contributed by atoms with E-state index in [4.69, 9.17) is 16.3 Å². The van der Waals surface area contributed by atoms with Gasteiger partial charge >= 0.3 is 5.97 Å². The molecule has 11 heteroatoms. The number of carbonyl (C=O) groups excluding carboxylic acids is 2. The first-order valence-corrected chi connectivity index (χ1v) is 9.28. The van der Waals surface area contributed by atoms with Crippen molar-refractivity contribution in [3.05, 3.63) is 23.0 Å². The normalized spacial score (nSPS) is 17.5. The van der Waals surface area contributed by atoms with Gasteiger partial charge in [-0.3, -0.25) is 9.59 Å². The van der Waals surface area contributed by atoms with E-state index in [1.807, 2.05) is 0 Å². The summed E-state index contributed by atoms with van der Waals surface area (Å²) in [5, 5.41) is 2.17. The summed E-state index contributed by atoms with van der Waals surface area (Å²) in [6, 6.07) is 2.48. The Bertz CT molecular complexity index is 653. The summed E-state index contributed by atoms with van der Waals surface area (Å²) in [4.78, 5) is 23.8. The molecule has 25 heavy (non-hydrogen) atoms. The molecule has 1 aromatic rings. The topological polar surface area (TPSA) is 79.9 Å². The number of anilines is 1. The maximum Gasteiger partial charge on any atom is 0.315 e. The number of thioether (sulfide) groups is 1. The lowest BCUT2D eigenvalue weighted by Crippen LogP contribution is -2.26. The number of esters is 1. The van der Waals surface area contributed by atoms with Crippen LogP contribution in [0.4, 0.5) is 14.9 Å².